The van der Waals surface area contributed by atoms with Crippen molar-refractivity contribution in [3.8, 4) is 0 Å². The summed E-state index contributed by atoms with van der Waals surface area (Å²) in [6, 6.07) is 17.7. The first-order valence-electron chi connectivity index (χ1n) is 6.03. The number of aromatic nitrogens is 1. The molecule has 0 aliphatic carbocycles. The Balaban J connectivity index is 2.11. The number of benzene rings is 2. The van der Waals surface area contributed by atoms with Crippen LogP contribution in [0.3, 0.4) is 0 Å². The van der Waals surface area contributed by atoms with Crippen molar-refractivity contribution in [2.45, 2.75) is 6.10 Å². The molecule has 0 bridgehead atoms. The van der Waals surface area contributed by atoms with Gasteiger partial charge < -0.3 is 5.11 Å². The van der Waals surface area contributed by atoms with Crippen molar-refractivity contribution >= 4 is 26.7 Å². The van der Waals surface area contributed by atoms with E-state index in [4.69, 9.17) is 0 Å². The van der Waals surface area contributed by atoms with Crippen LogP contribution in [0.15, 0.2) is 65.3 Å². The minimum Gasteiger partial charge on any atom is -0.382 e. The molecular weight excluding hydrogens is 302 g/mol. The summed E-state index contributed by atoms with van der Waals surface area (Å²) in [5, 5.41) is 12.7. The van der Waals surface area contributed by atoms with Crippen LogP contribution in [0.2, 0.25) is 0 Å². The van der Waals surface area contributed by atoms with E-state index in [1.807, 2.05) is 54.6 Å². The molecule has 3 rings (SSSR count). The van der Waals surface area contributed by atoms with Gasteiger partial charge in [-0.05, 0) is 44.4 Å². The molecule has 19 heavy (non-hydrogen) atoms. The number of halogens is 1. The molecule has 2 nitrogen and oxygen atoms in total. The number of rotatable bonds is 2. The molecule has 1 N–H and O–H groups in total. The predicted molar refractivity (Wildman–Crippen MR) is 79.9 cm³/mol. The number of hydrogen-bond donors (Lipinski definition) is 1. The molecule has 0 aliphatic heterocycles. The number of aliphatic hydroxyl groups is 1. The van der Waals surface area contributed by atoms with Gasteiger partial charge in [-0.15, -0.1) is 0 Å². The second-order valence-corrected chi connectivity index (χ2v) is 5.29. The topological polar surface area (TPSA) is 33.1 Å². The maximum atomic E-state index is 10.5. The molecule has 1 heterocycles. The monoisotopic (exact) mass is 313 g/mol. The van der Waals surface area contributed by atoms with E-state index in [0.717, 1.165) is 20.8 Å². The average Bonchev–Trinajstić information content (AvgIpc) is 2.47. The first-order chi connectivity index (χ1) is 9.25. The second-order valence-electron chi connectivity index (χ2n) is 4.37. The number of pyridine rings is 1. The Kier molecular flexibility index (Phi) is 3.32. The molecule has 1 atom stereocenters. The summed E-state index contributed by atoms with van der Waals surface area (Å²) in [7, 11) is 0. The Morgan fingerprint density at radius 3 is 2.53 bits per heavy atom. The van der Waals surface area contributed by atoms with Crippen molar-refractivity contribution in [2.24, 2.45) is 0 Å². The Hall–Kier alpha value is -1.71. The number of aliphatic hydroxyl groups excluding tert-OH is 1. The Bertz CT molecular complexity index is 704. The van der Waals surface area contributed by atoms with Crippen LogP contribution in [0.5, 0.6) is 0 Å². The normalized spacial score (nSPS) is 12.5. The highest BCUT2D eigenvalue weighted by atomic mass is 79.9. The van der Waals surface area contributed by atoms with Crippen LogP contribution in [0.1, 0.15) is 17.4 Å². The van der Waals surface area contributed by atoms with E-state index in [2.05, 4.69) is 20.9 Å². The zero-order valence-electron chi connectivity index (χ0n) is 10.1. The average molecular weight is 314 g/mol. The minimum absolute atomic E-state index is 0.652. The van der Waals surface area contributed by atoms with Crippen molar-refractivity contribution in [1.29, 1.82) is 0 Å². The third-order valence-electron chi connectivity index (χ3n) is 3.15. The molecule has 0 aliphatic rings. The van der Waals surface area contributed by atoms with E-state index in [1.54, 1.807) is 6.20 Å². The molecule has 0 radical (unpaired) electrons. The Morgan fingerprint density at radius 2 is 1.74 bits per heavy atom. The lowest BCUT2D eigenvalue weighted by molar-refractivity contribution is 0.217. The van der Waals surface area contributed by atoms with E-state index in [1.165, 1.54) is 0 Å². The number of nitrogens with zero attached hydrogens (tertiary/aromatic N) is 1. The van der Waals surface area contributed by atoms with E-state index < -0.39 is 6.10 Å². The quantitative estimate of drug-likeness (QED) is 0.773. The second kappa shape index (κ2) is 5.11. The van der Waals surface area contributed by atoms with Crippen LogP contribution < -0.4 is 0 Å². The van der Waals surface area contributed by atoms with E-state index in [0.29, 0.717) is 5.69 Å². The zero-order chi connectivity index (χ0) is 13.2. The summed E-state index contributed by atoms with van der Waals surface area (Å²) >= 11 is 3.35. The molecule has 94 valence electrons. The summed E-state index contributed by atoms with van der Waals surface area (Å²) in [6.07, 6.45) is 0.989. The predicted octanol–water partition coefficient (Wildman–Crippen LogP) is 4.08. The highest BCUT2D eigenvalue weighted by Crippen LogP contribution is 2.28. The standard InChI is InChI=1S/C16H12BrNO/c17-12-8-9-15(18-10-12)16(19)14-7-3-5-11-4-1-2-6-13(11)14/h1-10,16,19H. The maximum Gasteiger partial charge on any atom is 0.122 e. The van der Waals surface area contributed by atoms with E-state index in [-0.39, 0.29) is 0 Å². The van der Waals surface area contributed by atoms with Crippen LogP contribution >= 0.6 is 15.9 Å². The number of hydrogen-bond acceptors (Lipinski definition) is 2. The summed E-state index contributed by atoms with van der Waals surface area (Å²) < 4.78 is 0.904. The Morgan fingerprint density at radius 1 is 0.947 bits per heavy atom. The first-order valence-corrected chi connectivity index (χ1v) is 6.82. The van der Waals surface area contributed by atoms with Crippen molar-refractivity contribution in [1.82, 2.24) is 4.98 Å². The van der Waals surface area contributed by atoms with Crippen LogP contribution in [0.25, 0.3) is 10.8 Å². The summed E-state index contributed by atoms with van der Waals surface area (Å²) in [5.41, 5.74) is 1.53. The molecule has 0 saturated heterocycles. The lowest BCUT2D eigenvalue weighted by Gasteiger charge is -2.13. The van der Waals surface area contributed by atoms with Crippen molar-refractivity contribution in [3.63, 3.8) is 0 Å². The minimum atomic E-state index is -0.709. The van der Waals surface area contributed by atoms with Gasteiger partial charge in [0.2, 0.25) is 0 Å². The van der Waals surface area contributed by atoms with Gasteiger partial charge in [0.05, 0.1) is 5.69 Å². The molecule has 3 aromatic rings. The molecule has 0 amide bonds. The lowest BCUT2D eigenvalue weighted by atomic mass is 9.98. The van der Waals surface area contributed by atoms with Crippen molar-refractivity contribution in [3.05, 3.63) is 76.5 Å². The van der Waals surface area contributed by atoms with Crippen molar-refractivity contribution in [2.75, 3.05) is 0 Å². The van der Waals surface area contributed by atoms with E-state index >= 15 is 0 Å². The lowest BCUT2D eigenvalue weighted by Crippen LogP contribution is -2.02. The fourth-order valence-electron chi connectivity index (χ4n) is 2.20. The zero-order valence-corrected chi connectivity index (χ0v) is 11.7. The third kappa shape index (κ3) is 2.39. The smallest absolute Gasteiger partial charge is 0.122 e. The molecular formula is C16H12BrNO. The highest BCUT2D eigenvalue weighted by Gasteiger charge is 2.14. The molecule has 0 spiro atoms. The van der Waals surface area contributed by atoms with Crippen LogP contribution in [0, 0.1) is 0 Å². The van der Waals surface area contributed by atoms with Gasteiger partial charge in [0.25, 0.3) is 0 Å². The molecule has 1 aromatic heterocycles. The van der Waals surface area contributed by atoms with Crippen LogP contribution in [-0.2, 0) is 0 Å². The fourth-order valence-corrected chi connectivity index (χ4v) is 2.43. The van der Waals surface area contributed by atoms with Gasteiger partial charge in [-0.1, -0.05) is 42.5 Å². The molecule has 0 saturated carbocycles. The van der Waals surface area contributed by atoms with Crippen molar-refractivity contribution < 1.29 is 5.11 Å². The van der Waals surface area contributed by atoms with Gasteiger partial charge in [0, 0.05) is 10.7 Å². The first kappa shape index (κ1) is 12.3. The van der Waals surface area contributed by atoms with Gasteiger partial charge >= 0.3 is 0 Å². The van der Waals surface area contributed by atoms with Gasteiger partial charge in [0.1, 0.15) is 6.10 Å². The van der Waals surface area contributed by atoms with Gasteiger partial charge in [0.15, 0.2) is 0 Å². The summed E-state index contributed by atoms with van der Waals surface area (Å²) in [6.45, 7) is 0. The van der Waals surface area contributed by atoms with Gasteiger partial charge in [-0.2, -0.15) is 0 Å². The Labute approximate surface area is 119 Å². The molecule has 3 heteroatoms. The van der Waals surface area contributed by atoms with Crippen LogP contribution in [0.4, 0.5) is 0 Å². The molecule has 1 unspecified atom stereocenters. The van der Waals surface area contributed by atoms with Crippen LogP contribution in [-0.4, -0.2) is 10.1 Å². The highest BCUT2D eigenvalue weighted by molar-refractivity contribution is 9.10. The summed E-state index contributed by atoms with van der Waals surface area (Å²) in [4.78, 5) is 4.26. The molecule has 2 aromatic carbocycles. The van der Waals surface area contributed by atoms with Gasteiger partial charge in [-0.25, -0.2) is 0 Å². The SMILES string of the molecule is OC(c1ccc(Br)cn1)c1cccc2ccccc12. The fraction of sp³-hybridized carbons (Fsp3) is 0.0625. The number of fused-ring (bicyclic) bond motifs is 1. The van der Waals surface area contributed by atoms with Gasteiger partial charge in [-0.3, -0.25) is 4.98 Å². The largest absolute Gasteiger partial charge is 0.382 e. The summed E-state index contributed by atoms with van der Waals surface area (Å²) in [5.74, 6) is 0. The molecule has 0 fully saturated rings. The van der Waals surface area contributed by atoms with E-state index in [9.17, 15) is 5.11 Å². The maximum absolute atomic E-state index is 10.5. The third-order valence-corrected chi connectivity index (χ3v) is 3.62.